The number of ether oxygens (including phenoxy) is 1. The quantitative estimate of drug-likeness (QED) is 0.314. The highest BCUT2D eigenvalue weighted by Crippen LogP contribution is 2.37. The van der Waals surface area contributed by atoms with Crippen molar-refractivity contribution in [3.8, 4) is 5.75 Å². The van der Waals surface area contributed by atoms with Gasteiger partial charge in [-0.2, -0.15) is 18.3 Å². The van der Waals surface area contributed by atoms with E-state index >= 15 is 0 Å². The fourth-order valence-corrected chi connectivity index (χ4v) is 5.52. The van der Waals surface area contributed by atoms with Crippen LogP contribution < -0.4 is 10.1 Å². The van der Waals surface area contributed by atoms with E-state index in [2.05, 4.69) is 49.1 Å². The Hall–Kier alpha value is -2.96. The minimum absolute atomic E-state index is 0.197. The number of nitrogens with zero attached hydrogens (tertiary/aromatic N) is 4. The summed E-state index contributed by atoms with van der Waals surface area (Å²) in [6.07, 6.45) is -0.796. The highest BCUT2D eigenvalue weighted by Gasteiger charge is 2.37. The van der Waals surface area contributed by atoms with Crippen molar-refractivity contribution in [3.63, 3.8) is 0 Å². The lowest BCUT2D eigenvalue weighted by Crippen LogP contribution is -2.44. The van der Waals surface area contributed by atoms with E-state index in [1.165, 1.54) is 13.2 Å². The van der Waals surface area contributed by atoms with Gasteiger partial charge >= 0.3 is 6.18 Å². The summed E-state index contributed by atoms with van der Waals surface area (Å²) in [6, 6.07) is 6.89. The molecule has 4 rings (SSSR count). The van der Waals surface area contributed by atoms with Crippen molar-refractivity contribution in [2.24, 2.45) is 0 Å². The van der Waals surface area contributed by atoms with Crippen molar-refractivity contribution in [3.05, 3.63) is 47.9 Å². The highest BCUT2D eigenvalue weighted by atomic mass is 28.4. The molecule has 0 bridgehead atoms. The molecular weight excluding hydrogens is 539 g/mol. The van der Waals surface area contributed by atoms with Crippen LogP contribution in [0.1, 0.15) is 55.8 Å². The minimum atomic E-state index is -4.64. The van der Waals surface area contributed by atoms with Crippen LogP contribution in [0.25, 0.3) is 10.9 Å². The summed E-state index contributed by atoms with van der Waals surface area (Å²) in [4.78, 5) is 18.6. The molecule has 3 heterocycles. The first-order chi connectivity index (χ1) is 18.7. The van der Waals surface area contributed by atoms with Crippen molar-refractivity contribution >= 4 is 30.8 Å². The molecule has 0 radical (unpaired) electrons. The van der Waals surface area contributed by atoms with Crippen LogP contribution in [-0.2, 0) is 10.6 Å². The fraction of sp³-hybridized carbons (Fsp3) is 0.536. The number of hydrogen-bond donors (Lipinski definition) is 1. The van der Waals surface area contributed by atoms with Crippen LogP contribution in [0.15, 0.2) is 36.5 Å². The number of nitrogens with one attached hydrogen (secondary N) is 1. The lowest BCUT2D eigenvalue weighted by Gasteiger charge is -2.37. The standard InChI is InChI=1S/C28H38F3N5O3Si/c1-27(2,3)40(5,6)39-15-14-35-12-10-20(11-13-35)36-18-19-16-23(24(38-4)17-22(19)34-36)33-26(37)21-8-7-9-25(32-21)28(29,30)31/h7-9,16-18,20H,10-15H2,1-6H3,(H,33,37). The lowest BCUT2D eigenvalue weighted by atomic mass is 10.1. The number of halogens is 3. The maximum atomic E-state index is 13.0. The molecule has 8 nitrogen and oxygen atoms in total. The number of methoxy groups -OCH3 is 1. The number of alkyl halides is 3. The van der Waals surface area contributed by atoms with E-state index in [0.29, 0.717) is 17.0 Å². The number of amides is 1. The predicted molar refractivity (Wildman–Crippen MR) is 151 cm³/mol. The first kappa shape index (κ1) is 30.0. The van der Waals surface area contributed by atoms with Crippen LogP contribution in [0.4, 0.5) is 18.9 Å². The van der Waals surface area contributed by atoms with Gasteiger partial charge in [0.25, 0.3) is 5.91 Å². The Morgan fingerprint density at radius 1 is 1.15 bits per heavy atom. The number of fused-ring (bicyclic) bond motifs is 1. The van der Waals surface area contributed by atoms with E-state index in [0.717, 1.165) is 56.6 Å². The van der Waals surface area contributed by atoms with Gasteiger partial charge in [0.05, 0.1) is 24.4 Å². The summed E-state index contributed by atoms with van der Waals surface area (Å²) in [6.45, 7) is 14.9. The number of rotatable bonds is 8. The Labute approximate surface area is 234 Å². The molecule has 1 N–H and O–H groups in total. The SMILES string of the molecule is COc1cc2nn(C3CCN(CCO[Si](C)(C)C(C)(C)C)CC3)cc2cc1NC(=O)c1cccc(C(F)(F)F)n1. The molecule has 1 aromatic carbocycles. The molecule has 1 saturated heterocycles. The zero-order valence-corrected chi connectivity index (χ0v) is 24.9. The summed E-state index contributed by atoms with van der Waals surface area (Å²) < 4.78 is 52.9. The average Bonchev–Trinajstić information content (AvgIpc) is 3.30. The van der Waals surface area contributed by atoms with Gasteiger partial charge in [0.1, 0.15) is 17.1 Å². The van der Waals surface area contributed by atoms with E-state index < -0.39 is 26.1 Å². The second kappa shape index (κ2) is 11.5. The summed E-state index contributed by atoms with van der Waals surface area (Å²) in [7, 11) is -0.294. The third-order valence-corrected chi connectivity index (χ3v) is 12.5. The van der Waals surface area contributed by atoms with Crippen LogP contribution in [0, 0.1) is 0 Å². The van der Waals surface area contributed by atoms with Gasteiger partial charge in [-0.1, -0.05) is 26.8 Å². The first-order valence-corrected chi connectivity index (χ1v) is 16.4. The number of benzene rings is 1. The molecule has 0 aliphatic carbocycles. The van der Waals surface area contributed by atoms with E-state index in [1.807, 2.05) is 10.9 Å². The summed E-state index contributed by atoms with van der Waals surface area (Å²) in [5.41, 5.74) is -0.431. The lowest BCUT2D eigenvalue weighted by molar-refractivity contribution is -0.141. The molecular formula is C28H38F3N5O3Si. The number of aromatic nitrogens is 3. The molecule has 0 atom stereocenters. The molecule has 40 heavy (non-hydrogen) atoms. The normalized spacial score (nSPS) is 15.9. The molecule has 1 fully saturated rings. The Balaban J connectivity index is 1.41. The van der Waals surface area contributed by atoms with Crippen LogP contribution in [-0.4, -0.2) is 67.2 Å². The van der Waals surface area contributed by atoms with Crippen LogP contribution >= 0.6 is 0 Å². The maximum Gasteiger partial charge on any atom is 0.433 e. The molecule has 0 saturated carbocycles. The highest BCUT2D eigenvalue weighted by molar-refractivity contribution is 6.74. The number of anilines is 1. The van der Waals surface area contributed by atoms with Gasteiger partial charge < -0.3 is 19.4 Å². The Kier molecular flexibility index (Phi) is 8.62. The second-order valence-electron chi connectivity index (χ2n) is 11.8. The Morgan fingerprint density at radius 3 is 2.48 bits per heavy atom. The fourth-order valence-electron chi connectivity index (χ4n) is 4.48. The van der Waals surface area contributed by atoms with Crippen molar-refractivity contribution in [1.29, 1.82) is 0 Å². The van der Waals surface area contributed by atoms with Gasteiger partial charge in [0.15, 0.2) is 8.32 Å². The number of carbonyl (C=O) groups is 1. The number of hydrogen-bond acceptors (Lipinski definition) is 6. The van der Waals surface area contributed by atoms with Gasteiger partial charge in [-0.25, -0.2) is 4.98 Å². The molecule has 12 heteroatoms. The van der Waals surface area contributed by atoms with Crippen molar-refractivity contribution in [2.75, 3.05) is 38.7 Å². The van der Waals surface area contributed by atoms with E-state index in [-0.39, 0.29) is 16.8 Å². The smallest absolute Gasteiger partial charge is 0.433 e. The van der Waals surface area contributed by atoms with Gasteiger partial charge in [-0.15, -0.1) is 0 Å². The molecule has 1 aliphatic heterocycles. The molecule has 3 aromatic rings. The average molecular weight is 578 g/mol. The topological polar surface area (TPSA) is 81.5 Å². The molecule has 0 unspecified atom stereocenters. The Morgan fingerprint density at radius 2 is 1.85 bits per heavy atom. The monoisotopic (exact) mass is 577 g/mol. The van der Waals surface area contributed by atoms with Crippen LogP contribution in [0.2, 0.25) is 18.1 Å². The number of pyridine rings is 1. The second-order valence-corrected chi connectivity index (χ2v) is 16.6. The zero-order chi connectivity index (χ0) is 29.3. The summed E-state index contributed by atoms with van der Waals surface area (Å²) in [5.74, 6) is -0.407. The number of carbonyl (C=O) groups excluding carboxylic acids is 1. The van der Waals surface area contributed by atoms with Crippen molar-refractivity contribution < 1.29 is 27.1 Å². The van der Waals surface area contributed by atoms with E-state index in [9.17, 15) is 18.0 Å². The molecule has 1 amide bonds. The zero-order valence-electron chi connectivity index (χ0n) is 23.9. The van der Waals surface area contributed by atoms with Gasteiger partial charge in [0.2, 0.25) is 0 Å². The summed E-state index contributed by atoms with van der Waals surface area (Å²) >= 11 is 0. The van der Waals surface area contributed by atoms with Crippen LogP contribution in [0.5, 0.6) is 5.75 Å². The van der Waals surface area contributed by atoms with Crippen molar-refractivity contribution in [2.45, 2.75) is 64.0 Å². The molecule has 218 valence electrons. The number of piperidine rings is 1. The summed E-state index contributed by atoms with van der Waals surface area (Å²) in [5, 5.41) is 8.38. The Bertz CT molecular complexity index is 1350. The van der Waals surface area contributed by atoms with E-state index in [1.54, 1.807) is 12.1 Å². The number of likely N-dealkylation sites (tertiary alicyclic amines) is 1. The predicted octanol–water partition coefficient (Wildman–Crippen LogP) is 6.37. The van der Waals surface area contributed by atoms with E-state index in [4.69, 9.17) is 14.3 Å². The minimum Gasteiger partial charge on any atom is -0.494 e. The van der Waals surface area contributed by atoms with Crippen LogP contribution in [0.3, 0.4) is 0 Å². The van der Waals surface area contributed by atoms with Gasteiger partial charge in [-0.05, 0) is 49.2 Å². The van der Waals surface area contributed by atoms with Crippen molar-refractivity contribution in [1.82, 2.24) is 19.7 Å². The van der Waals surface area contributed by atoms with Gasteiger partial charge in [0, 0.05) is 43.9 Å². The molecule has 0 spiro atoms. The first-order valence-electron chi connectivity index (χ1n) is 13.5. The largest absolute Gasteiger partial charge is 0.494 e. The third-order valence-electron chi connectivity index (χ3n) is 7.97. The molecule has 2 aromatic heterocycles. The third kappa shape index (κ3) is 6.84. The van der Waals surface area contributed by atoms with Gasteiger partial charge in [-0.3, -0.25) is 9.48 Å². The maximum absolute atomic E-state index is 13.0. The molecule has 1 aliphatic rings.